The lowest BCUT2D eigenvalue weighted by molar-refractivity contribution is 0.670. The van der Waals surface area contributed by atoms with Crippen LogP contribution in [0, 0.1) is 0 Å². The van der Waals surface area contributed by atoms with E-state index < -0.39 is 83.2 Å². The van der Waals surface area contributed by atoms with E-state index >= 15 is 0 Å². The van der Waals surface area contributed by atoms with Crippen LogP contribution in [0.1, 0.15) is 16.4 Å². The smallest absolute Gasteiger partial charge is 0.164 e. The Morgan fingerprint density at radius 1 is 0.467 bits per heavy atom. The summed E-state index contributed by atoms with van der Waals surface area (Å²) in [5.41, 5.74) is 1.29. The molecule has 0 unspecified atom stereocenters. The first kappa shape index (κ1) is 16.1. The number of fused-ring (bicyclic) bond motifs is 6. The van der Waals surface area contributed by atoms with Crippen LogP contribution in [0.25, 0.3) is 88.8 Å². The molecule has 0 atom stereocenters. The van der Waals surface area contributed by atoms with E-state index in [0.29, 0.717) is 27.5 Å². The molecule has 210 valence electrons. The molecule has 0 aliphatic heterocycles. The largest absolute Gasteiger partial charge is 0.455 e. The summed E-state index contributed by atoms with van der Waals surface area (Å²) in [5, 5.41) is 4.99. The Balaban J connectivity index is 1.35. The van der Waals surface area contributed by atoms with Gasteiger partial charge >= 0.3 is 0 Å². The predicted octanol–water partition coefficient (Wildman–Crippen LogP) is 10.7. The Bertz CT molecular complexity index is 3090. The molecule has 9 aromatic rings. The van der Waals surface area contributed by atoms with Crippen molar-refractivity contribution in [3.05, 3.63) is 151 Å². The molecule has 2 heterocycles. The minimum absolute atomic E-state index is 0.0532. The van der Waals surface area contributed by atoms with Crippen molar-refractivity contribution >= 4 is 43.5 Å². The van der Waals surface area contributed by atoms with E-state index in [0.717, 1.165) is 27.1 Å². The molecule has 0 bridgehead atoms. The molecule has 0 radical (unpaired) electrons. The Labute approximate surface area is 276 Å². The highest BCUT2D eigenvalue weighted by atomic mass is 16.3. The highest BCUT2D eigenvalue weighted by Crippen LogP contribution is 2.41. The average molecular weight is 588 g/mol. The van der Waals surface area contributed by atoms with Crippen LogP contribution in [-0.2, 0) is 0 Å². The fourth-order valence-corrected chi connectivity index (χ4v) is 5.73. The maximum absolute atomic E-state index is 9.14. The molecule has 0 aliphatic carbocycles. The first-order valence-corrected chi connectivity index (χ1v) is 14.0. The van der Waals surface area contributed by atoms with Gasteiger partial charge in [0.1, 0.15) is 11.2 Å². The summed E-state index contributed by atoms with van der Waals surface area (Å²) in [6, 6.07) is 17.9. The number of furan rings is 1. The number of benzene rings is 7. The summed E-state index contributed by atoms with van der Waals surface area (Å²) in [4.78, 5) is 13.5. The zero-order valence-electron chi connectivity index (χ0n) is 35.3. The third kappa shape index (κ3) is 4.27. The van der Waals surface area contributed by atoms with Crippen molar-refractivity contribution in [2.75, 3.05) is 0 Å². The van der Waals surface area contributed by atoms with Crippen molar-refractivity contribution in [2.24, 2.45) is 0 Å². The summed E-state index contributed by atoms with van der Waals surface area (Å²) in [5.74, 6) is -1.16. The van der Waals surface area contributed by atoms with Crippen molar-refractivity contribution in [3.63, 3.8) is 0 Å². The number of hydrogen-bond acceptors (Lipinski definition) is 4. The molecule has 0 saturated heterocycles. The van der Waals surface area contributed by atoms with Gasteiger partial charge < -0.3 is 4.42 Å². The number of para-hydroxylation sites is 1. The summed E-state index contributed by atoms with van der Waals surface area (Å²) in [6.45, 7) is 0. The van der Waals surface area contributed by atoms with Crippen LogP contribution in [-0.4, -0.2) is 15.0 Å². The van der Waals surface area contributed by atoms with Gasteiger partial charge in [-0.1, -0.05) is 139 Å². The Morgan fingerprint density at radius 3 is 1.93 bits per heavy atom. The van der Waals surface area contributed by atoms with E-state index in [1.165, 1.54) is 6.07 Å². The molecule has 2 aromatic heterocycles. The van der Waals surface area contributed by atoms with E-state index in [1.807, 2.05) is 42.5 Å². The third-order valence-corrected chi connectivity index (χ3v) is 7.75. The van der Waals surface area contributed by atoms with Crippen LogP contribution in [0.15, 0.2) is 156 Å². The number of nitrogens with zero attached hydrogens (tertiary/aromatic N) is 3. The molecule has 0 fully saturated rings. The lowest BCUT2D eigenvalue weighted by Gasteiger charge is -2.09. The molecule has 45 heavy (non-hydrogen) atoms. The second kappa shape index (κ2) is 10.2. The minimum Gasteiger partial charge on any atom is -0.455 e. The predicted molar refractivity (Wildman–Crippen MR) is 184 cm³/mol. The van der Waals surface area contributed by atoms with Crippen molar-refractivity contribution in [1.29, 1.82) is 0 Å². The average Bonchev–Trinajstić information content (AvgIpc) is 3.58. The maximum atomic E-state index is 9.14. The fraction of sp³-hybridized carbons (Fsp3) is 0. The van der Waals surface area contributed by atoms with E-state index in [1.54, 1.807) is 18.2 Å². The van der Waals surface area contributed by atoms with Crippen LogP contribution in [0.5, 0.6) is 0 Å². The van der Waals surface area contributed by atoms with Crippen LogP contribution >= 0.6 is 0 Å². The van der Waals surface area contributed by atoms with Crippen LogP contribution in [0.4, 0.5) is 0 Å². The maximum Gasteiger partial charge on any atom is 0.164 e. The molecule has 0 aliphatic rings. The Morgan fingerprint density at radius 2 is 1.16 bits per heavy atom. The fourth-order valence-electron chi connectivity index (χ4n) is 5.73. The van der Waals surface area contributed by atoms with Gasteiger partial charge in [0.25, 0.3) is 0 Å². The first-order valence-electron chi connectivity index (χ1n) is 20.0. The topological polar surface area (TPSA) is 51.8 Å². The SMILES string of the molecule is [2H]c1cc(-c2ccc3c(ccc4ccccc43)c2)c2oc3ccc([2H])c(-c4nc(-c5c([2H])c([2H])c([2H])c([2H])c5[2H])nc(-c5c([2H])c([2H])c([2H])c([2H])c5[2H])n4)c3c2c1. The monoisotopic (exact) mass is 587 g/mol. The third-order valence-electron chi connectivity index (χ3n) is 7.75. The standard InChI is InChI=1S/C41H25N3O/c1-3-12-27(13-4-1)39-42-40(28-14-5-2-6-15-28)44-41(43-39)35-19-10-20-36-37(35)34-18-9-17-33(38(34)45-36)30-23-24-32-29(25-30)22-21-26-11-7-8-16-31(26)32/h1-25H/i1D,2D,3D,4D,5D,6D,9D,12D,13D,14D,15D,19D. The summed E-state index contributed by atoms with van der Waals surface area (Å²) in [7, 11) is 0. The first-order chi connectivity index (χ1) is 27.2. The molecule has 0 saturated carbocycles. The summed E-state index contributed by atoms with van der Waals surface area (Å²) < 4.78 is 109. The lowest BCUT2D eigenvalue weighted by Crippen LogP contribution is -2.00. The summed E-state index contributed by atoms with van der Waals surface area (Å²) in [6.07, 6.45) is 0. The molecule has 0 N–H and O–H groups in total. The number of rotatable bonds is 4. The van der Waals surface area contributed by atoms with E-state index in [-0.39, 0.29) is 23.5 Å². The highest BCUT2D eigenvalue weighted by molar-refractivity contribution is 6.15. The van der Waals surface area contributed by atoms with Crippen molar-refractivity contribution < 1.29 is 20.9 Å². The molecule has 9 rings (SSSR count). The van der Waals surface area contributed by atoms with Gasteiger partial charge in [-0.15, -0.1) is 0 Å². The Hall–Kier alpha value is -6.13. The molecular formula is C41H25N3O. The van der Waals surface area contributed by atoms with Gasteiger partial charge in [-0.05, 0) is 39.2 Å². The summed E-state index contributed by atoms with van der Waals surface area (Å²) >= 11 is 0. The van der Waals surface area contributed by atoms with Gasteiger partial charge in [-0.2, -0.15) is 0 Å². The number of hydrogen-bond donors (Lipinski definition) is 0. The molecule has 7 aromatic carbocycles. The van der Waals surface area contributed by atoms with Crippen LogP contribution in [0.3, 0.4) is 0 Å². The molecule has 4 heteroatoms. The molecule has 0 spiro atoms. The van der Waals surface area contributed by atoms with E-state index in [9.17, 15) is 0 Å². The normalized spacial score (nSPS) is 15.3. The second-order valence-corrected chi connectivity index (χ2v) is 10.3. The highest BCUT2D eigenvalue weighted by Gasteiger charge is 2.19. The lowest BCUT2D eigenvalue weighted by atomic mass is 9.96. The molecular weight excluding hydrogens is 550 g/mol. The quantitative estimate of drug-likeness (QED) is 0.192. The minimum atomic E-state index is -0.668. The van der Waals surface area contributed by atoms with Gasteiger partial charge in [0.2, 0.25) is 0 Å². The van der Waals surface area contributed by atoms with Crippen molar-refractivity contribution in [2.45, 2.75) is 0 Å². The van der Waals surface area contributed by atoms with Gasteiger partial charge in [0.05, 0.1) is 16.4 Å². The van der Waals surface area contributed by atoms with Gasteiger partial charge in [0, 0.05) is 33.0 Å². The molecule has 4 nitrogen and oxygen atoms in total. The van der Waals surface area contributed by atoms with Gasteiger partial charge in [-0.3, -0.25) is 0 Å². The van der Waals surface area contributed by atoms with E-state index in [4.69, 9.17) is 20.9 Å². The second-order valence-electron chi connectivity index (χ2n) is 10.3. The van der Waals surface area contributed by atoms with E-state index in [2.05, 4.69) is 27.1 Å². The number of aromatic nitrogens is 3. The Kier molecular flexibility index (Phi) is 3.66. The van der Waals surface area contributed by atoms with Crippen LogP contribution in [0.2, 0.25) is 0 Å². The van der Waals surface area contributed by atoms with Crippen molar-refractivity contribution in [3.8, 4) is 45.3 Å². The molecule has 0 amide bonds. The van der Waals surface area contributed by atoms with Gasteiger partial charge in [0.15, 0.2) is 17.5 Å². The van der Waals surface area contributed by atoms with Gasteiger partial charge in [-0.25, -0.2) is 15.0 Å². The zero-order chi connectivity index (χ0) is 40.2. The zero-order valence-corrected chi connectivity index (χ0v) is 23.3. The van der Waals surface area contributed by atoms with Crippen LogP contribution < -0.4 is 0 Å². The van der Waals surface area contributed by atoms with Crippen molar-refractivity contribution in [1.82, 2.24) is 15.0 Å².